The van der Waals surface area contributed by atoms with E-state index >= 15 is 0 Å². The van der Waals surface area contributed by atoms with Gasteiger partial charge in [0.25, 0.3) is 0 Å². The lowest BCUT2D eigenvalue weighted by atomic mass is 10.0. The van der Waals surface area contributed by atoms with Gasteiger partial charge < -0.3 is 14.2 Å². The van der Waals surface area contributed by atoms with Crippen LogP contribution in [0.2, 0.25) is 0 Å². The first-order valence-corrected chi connectivity index (χ1v) is 8.64. The molecule has 4 rings (SSSR count). The fourth-order valence-corrected chi connectivity index (χ4v) is 3.67. The second-order valence-electron chi connectivity index (χ2n) is 6.74. The van der Waals surface area contributed by atoms with Gasteiger partial charge in [0.1, 0.15) is 5.76 Å². The van der Waals surface area contributed by atoms with Gasteiger partial charge in [-0.2, -0.15) is 0 Å². The summed E-state index contributed by atoms with van der Waals surface area (Å²) in [4.78, 5) is 6.49. The van der Waals surface area contributed by atoms with Crippen molar-refractivity contribution in [3.8, 4) is 0 Å². The van der Waals surface area contributed by atoms with E-state index in [0.717, 1.165) is 30.8 Å². The van der Waals surface area contributed by atoms with Crippen molar-refractivity contribution in [2.45, 2.75) is 19.9 Å². The average Bonchev–Trinajstić information content (AvgIpc) is 2.92. The van der Waals surface area contributed by atoms with Crippen molar-refractivity contribution in [2.75, 3.05) is 20.7 Å². The van der Waals surface area contributed by atoms with Crippen molar-refractivity contribution in [3.05, 3.63) is 65.1 Å². The summed E-state index contributed by atoms with van der Waals surface area (Å²) in [5, 5.41) is 1.35. The van der Waals surface area contributed by atoms with Crippen molar-refractivity contribution in [2.24, 2.45) is 0 Å². The highest BCUT2D eigenvalue weighted by molar-refractivity contribution is 5.90. The number of hydrogen-bond acceptors (Lipinski definition) is 3. The monoisotopic (exact) mass is 333 g/mol. The molecule has 1 aliphatic rings. The van der Waals surface area contributed by atoms with Crippen LogP contribution >= 0.6 is 0 Å². The molecule has 0 N–H and O–H groups in total. The first kappa shape index (κ1) is 15.9. The van der Waals surface area contributed by atoms with Crippen molar-refractivity contribution in [1.29, 1.82) is 0 Å². The van der Waals surface area contributed by atoms with E-state index in [9.17, 15) is 0 Å². The molecule has 0 saturated carbocycles. The Balaban J connectivity index is 1.94. The van der Waals surface area contributed by atoms with Gasteiger partial charge >= 0.3 is 0 Å². The Kier molecular flexibility index (Phi) is 4.06. The molecule has 0 atom stereocenters. The fraction of sp³-hybridized carbons (Fsp3) is 0.286. The molecule has 0 unspecified atom stereocenters. The number of aryl methyl sites for hydroxylation is 1. The maximum Gasteiger partial charge on any atom is 0.142 e. The van der Waals surface area contributed by atoms with Crippen molar-refractivity contribution < 1.29 is 4.74 Å². The van der Waals surface area contributed by atoms with Crippen LogP contribution in [0.1, 0.15) is 22.4 Å². The molecule has 4 nitrogen and oxygen atoms in total. The van der Waals surface area contributed by atoms with E-state index in [4.69, 9.17) is 4.74 Å². The Hall–Kier alpha value is -2.59. The number of benzene rings is 1. The minimum Gasteiger partial charge on any atom is -0.495 e. The fourth-order valence-electron chi connectivity index (χ4n) is 3.67. The van der Waals surface area contributed by atoms with Crippen LogP contribution in [-0.4, -0.2) is 35.2 Å². The molecular weight excluding hydrogens is 310 g/mol. The summed E-state index contributed by atoms with van der Waals surface area (Å²) >= 11 is 0. The largest absolute Gasteiger partial charge is 0.495 e. The number of nitrogens with zero attached hydrogens (tertiary/aromatic N) is 3. The molecule has 3 aromatic rings. The van der Waals surface area contributed by atoms with E-state index in [1.807, 2.05) is 12.1 Å². The number of pyridine rings is 1. The van der Waals surface area contributed by atoms with Crippen LogP contribution in [0.5, 0.6) is 0 Å². The number of hydrogen-bond donors (Lipinski definition) is 0. The second-order valence-corrected chi connectivity index (χ2v) is 6.74. The van der Waals surface area contributed by atoms with Gasteiger partial charge in [0.15, 0.2) is 0 Å². The Morgan fingerprint density at radius 1 is 1.20 bits per heavy atom. The Bertz CT molecular complexity index is 941. The van der Waals surface area contributed by atoms with E-state index in [1.54, 1.807) is 19.5 Å². The maximum absolute atomic E-state index is 5.70. The first-order valence-electron chi connectivity index (χ1n) is 8.64. The highest BCUT2D eigenvalue weighted by atomic mass is 16.5. The number of likely N-dealkylation sites (N-methyl/N-ethyl adjacent to an activating group) is 1. The zero-order valence-electron chi connectivity index (χ0n) is 15.0. The van der Waals surface area contributed by atoms with Crippen LogP contribution in [0.15, 0.2) is 42.7 Å². The molecule has 0 spiro atoms. The quantitative estimate of drug-likeness (QED) is 0.680. The van der Waals surface area contributed by atoms with Crippen LogP contribution in [0.3, 0.4) is 0 Å². The Morgan fingerprint density at radius 2 is 2.00 bits per heavy atom. The van der Waals surface area contributed by atoms with Crippen LogP contribution in [0, 0.1) is 6.92 Å². The average molecular weight is 333 g/mol. The van der Waals surface area contributed by atoms with E-state index in [-0.39, 0.29) is 0 Å². The highest BCUT2D eigenvalue weighted by Crippen LogP contribution is 2.32. The van der Waals surface area contributed by atoms with Gasteiger partial charge in [0.2, 0.25) is 0 Å². The summed E-state index contributed by atoms with van der Waals surface area (Å²) in [6.45, 7) is 4.23. The van der Waals surface area contributed by atoms with E-state index in [2.05, 4.69) is 52.8 Å². The van der Waals surface area contributed by atoms with Gasteiger partial charge in [-0.3, -0.25) is 4.98 Å². The van der Waals surface area contributed by atoms with E-state index < -0.39 is 0 Å². The molecule has 25 heavy (non-hydrogen) atoms. The van der Waals surface area contributed by atoms with Crippen LogP contribution in [0.4, 0.5) is 0 Å². The van der Waals surface area contributed by atoms with E-state index in [0.29, 0.717) is 0 Å². The molecule has 0 saturated heterocycles. The second kappa shape index (κ2) is 6.37. The molecule has 0 fully saturated rings. The summed E-state index contributed by atoms with van der Waals surface area (Å²) in [5.41, 5.74) is 6.41. The van der Waals surface area contributed by atoms with Crippen LogP contribution in [-0.2, 0) is 17.7 Å². The van der Waals surface area contributed by atoms with Gasteiger partial charge in [-0.25, -0.2) is 0 Å². The molecule has 1 aromatic carbocycles. The summed E-state index contributed by atoms with van der Waals surface area (Å²) < 4.78 is 8.01. The summed E-state index contributed by atoms with van der Waals surface area (Å²) in [6, 6.07) is 10.7. The standard InChI is InChI=1S/C21H23N3O/c1-15-4-5-19-17(12-15)18-13-23(2)11-8-20(18)24(19)14-21(25-3)16-6-9-22-10-7-16/h4-7,9-10,12,14H,8,11,13H2,1-3H3/b21-14+. The molecule has 3 heterocycles. The summed E-state index contributed by atoms with van der Waals surface area (Å²) in [6.07, 6.45) is 6.76. The lowest BCUT2D eigenvalue weighted by Crippen LogP contribution is -2.26. The SMILES string of the molecule is CO/C(=C/n1c2c(c3cc(C)ccc31)CN(C)CC2)c1ccncc1. The van der Waals surface area contributed by atoms with Crippen molar-refractivity contribution in [1.82, 2.24) is 14.5 Å². The lowest BCUT2D eigenvalue weighted by molar-refractivity contribution is 0.311. The topological polar surface area (TPSA) is 30.3 Å². The van der Waals surface area contributed by atoms with E-state index in [1.165, 1.54) is 27.7 Å². The minimum atomic E-state index is 0.849. The summed E-state index contributed by atoms with van der Waals surface area (Å²) in [7, 11) is 3.91. The number of ether oxygens (including phenoxy) is 1. The first-order chi connectivity index (χ1) is 12.2. The number of aromatic nitrogens is 2. The van der Waals surface area contributed by atoms with Gasteiger partial charge in [0, 0.05) is 48.5 Å². The van der Waals surface area contributed by atoms with Gasteiger partial charge in [-0.15, -0.1) is 0 Å². The van der Waals surface area contributed by atoms with Crippen LogP contribution in [0.25, 0.3) is 22.9 Å². The third kappa shape index (κ3) is 2.83. The number of methoxy groups -OCH3 is 1. The Morgan fingerprint density at radius 3 is 2.76 bits per heavy atom. The van der Waals surface area contributed by atoms with Crippen molar-refractivity contribution in [3.63, 3.8) is 0 Å². The molecule has 0 bridgehead atoms. The molecule has 0 amide bonds. The molecule has 0 radical (unpaired) electrons. The highest BCUT2D eigenvalue weighted by Gasteiger charge is 2.22. The third-order valence-corrected chi connectivity index (χ3v) is 4.97. The predicted molar refractivity (Wildman–Crippen MR) is 102 cm³/mol. The number of rotatable bonds is 3. The van der Waals surface area contributed by atoms with Crippen molar-refractivity contribution >= 4 is 22.9 Å². The zero-order chi connectivity index (χ0) is 17.4. The van der Waals surface area contributed by atoms with Gasteiger partial charge in [-0.1, -0.05) is 11.6 Å². The summed E-state index contributed by atoms with van der Waals surface area (Å²) in [5.74, 6) is 0.849. The molecule has 128 valence electrons. The zero-order valence-corrected chi connectivity index (χ0v) is 15.0. The van der Waals surface area contributed by atoms with Gasteiger partial charge in [0.05, 0.1) is 18.8 Å². The molecule has 0 aliphatic carbocycles. The molecular formula is C21H23N3O. The minimum absolute atomic E-state index is 0.849. The maximum atomic E-state index is 5.70. The normalized spacial score (nSPS) is 15.4. The molecule has 4 heteroatoms. The van der Waals surface area contributed by atoms with Crippen LogP contribution < -0.4 is 0 Å². The smallest absolute Gasteiger partial charge is 0.142 e. The Labute approximate surface area is 148 Å². The third-order valence-electron chi connectivity index (χ3n) is 4.97. The lowest BCUT2D eigenvalue weighted by Gasteiger charge is -2.23. The molecule has 1 aliphatic heterocycles. The molecule has 2 aromatic heterocycles. The van der Waals surface area contributed by atoms with Gasteiger partial charge in [-0.05, 0) is 43.8 Å². The predicted octanol–water partition coefficient (Wildman–Crippen LogP) is 3.93. The number of fused-ring (bicyclic) bond motifs is 3.